The second kappa shape index (κ2) is 6.36. The van der Waals surface area contributed by atoms with E-state index >= 15 is 0 Å². The van der Waals surface area contributed by atoms with Crippen LogP contribution in [0.4, 0.5) is 0 Å². The smallest absolute Gasteiger partial charge is 0.0359 e. The Morgan fingerprint density at radius 1 is 1.40 bits per heavy atom. The molecule has 0 amide bonds. The lowest BCUT2D eigenvalue weighted by Crippen LogP contribution is -2.07. The molecule has 0 saturated heterocycles. The molecule has 0 nitrogen and oxygen atoms in total. The van der Waals surface area contributed by atoms with Crippen molar-refractivity contribution in [3.63, 3.8) is 0 Å². The van der Waals surface area contributed by atoms with Gasteiger partial charge in [0.2, 0.25) is 0 Å². The van der Waals surface area contributed by atoms with E-state index in [1.54, 1.807) is 0 Å². The van der Waals surface area contributed by atoms with Gasteiger partial charge in [-0.3, -0.25) is 0 Å². The molecule has 0 aliphatic heterocycles. The van der Waals surface area contributed by atoms with Crippen LogP contribution in [0, 0.1) is 5.92 Å². The topological polar surface area (TPSA) is 0 Å². The van der Waals surface area contributed by atoms with E-state index in [0.29, 0.717) is 11.3 Å². The fraction of sp³-hybridized carbons (Fsp3) is 1.00. The third-order valence-corrected chi connectivity index (χ3v) is 2.97. The number of alkyl halides is 1. The summed E-state index contributed by atoms with van der Waals surface area (Å²) in [5.74, 6) is 1.87. The zero-order valence-corrected chi connectivity index (χ0v) is 8.63. The summed E-state index contributed by atoms with van der Waals surface area (Å²) in [5, 5.41) is 0.382. The van der Waals surface area contributed by atoms with Gasteiger partial charge in [-0.2, -0.15) is 11.8 Å². The molecule has 0 aromatic rings. The minimum atomic E-state index is 0.382. The average Bonchev–Trinajstić information content (AvgIpc) is 1.88. The molecule has 0 aliphatic rings. The van der Waals surface area contributed by atoms with Gasteiger partial charge in [0.1, 0.15) is 0 Å². The molecule has 0 N–H and O–H groups in total. The van der Waals surface area contributed by atoms with Crippen molar-refractivity contribution in [3.8, 4) is 0 Å². The number of rotatable bonds is 5. The predicted octanol–water partition coefficient (Wildman–Crippen LogP) is 3.39. The summed E-state index contributed by atoms with van der Waals surface area (Å²) in [4.78, 5) is 0. The maximum Gasteiger partial charge on any atom is 0.0359 e. The summed E-state index contributed by atoms with van der Waals surface area (Å²) in [6.45, 7) is 4.35. The van der Waals surface area contributed by atoms with Gasteiger partial charge in [0.15, 0.2) is 0 Å². The average molecular weight is 181 g/mol. The lowest BCUT2D eigenvalue weighted by Gasteiger charge is -2.11. The lowest BCUT2D eigenvalue weighted by molar-refractivity contribution is 0.561. The van der Waals surface area contributed by atoms with E-state index in [0.717, 1.165) is 0 Å². The summed E-state index contributed by atoms with van der Waals surface area (Å²) >= 11 is 7.94. The van der Waals surface area contributed by atoms with E-state index in [1.807, 2.05) is 11.8 Å². The minimum Gasteiger partial charge on any atom is -0.165 e. The van der Waals surface area contributed by atoms with Crippen LogP contribution in [0.15, 0.2) is 0 Å². The molecular weight excluding hydrogens is 164 g/mol. The summed E-state index contributed by atoms with van der Waals surface area (Å²) in [6.07, 6.45) is 4.56. The predicted molar refractivity (Wildman–Crippen MR) is 52.1 cm³/mol. The summed E-state index contributed by atoms with van der Waals surface area (Å²) in [6, 6.07) is 0. The molecule has 1 unspecified atom stereocenters. The van der Waals surface area contributed by atoms with E-state index < -0.39 is 0 Å². The van der Waals surface area contributed by atoms with E-state index in [4.69, 9.17) is 11.6 Å². The Morgan fingerprint density at radius 3 is 2.40 bits per heavy atom. The monoisotopic (exact) mass is 180 g/mol. The first kappa shape index (κ1) is 10.6. The summed E-state index contributed by atoms with van der Waals surface area (Å²) in [5.41, 5.74) is 0. The molecule has 0 aliphatic carbocycles. The van der Waals surface area contributed by atoms with Crippen LogP contribution in [-0.2, 0) is 0 Å². The van der Waals surface area contributed by atoms with Gasteiger partial charge < -0.3 is 0 Å². The van der Waals surface area contributed by atoms with Crippen LogP contribution in [0.5, 0.6) is 0 Å². The van der Waals surface area contributed by atoms with Gasteiger partial charge in [0, 0.05) is 5.38 Å². The Hall–Kier alpha value is 0.640. The third-order valence-electron chi connectivity index (χ3n) is 1.55. The molecule has 1 atom stereocenters. The Bertz CT molecular complexity index is 73.7. The van der Waals surface area contributed by atoms with Crippen molar-refractivity contribution in [3.05, 3.63) is 0 Å². The highest BCUT2D eigenvalue weighted by atomic mass is 35.5. The Morgan fingerprint density at radius 2 is 2.00 bits per heavy atom. The normalized spacial score (nSPS) is 14.1. The minimum absolute atomic E-state index is 0.382. The van der Waals surface area contributed by atoms with Crippen molar-refractivity contribution in [1.82, 2.24) is 0 Å². The molecule has 0 aromatic heterocycles. The number of hydrogen-bond acceptors (Lipinski definition) is 1. The molecular formula is C8H17ClS. The van der Waals surface area contributed by atoms with Crippen molar-refractivity contribution in [2.75, 3.05) is 12.0 Å². The molecule has 0 rings (SSSR count). The molecule has 0 radical (unpaired) electrons. The maximum atomic E-state index is 6.04. The van der Waals surface area contributed by atoms with Gasteiger partial charge in [0.25, 0.3) is 0 Å². The first-order valence-corrected chi connectivity index (χ1v) is 5.64. The van der Waals surface area contributed by atoms with Crippen molar-refractivity contribution in [2.24, 2.45) is 5.92 Å². The van der Waals surface area contributed by atoms with Crippen molar-refractivity contribution < 1.29 is 0 Å². The first-order valence-electron chi connectivity index (χ1n) is 3.81. The molecule has 62 valence electrons. The number of hydrogen-bond donors (Lipinski definition) is 0. The van der Waals surface area contributed by atoms with Crippen LogP contribution in [0.1, 0.15) is 26.7 Å². The zero-order chi connectivity index (χ0) is 7.98. The molecule has 0 saturated carbocycles. The molecule has 2 heteroatoms. The quantitative estimate of drug-likeness (QED) is 0.462. The Kier molecular flexibility index (Phi) is 6.76. The zero-order valence-electron chi connectivity index (χ0n) is 7.06. The van der Waals surface area contributed by atoms with Crippen LogP contribution in [-0.4, -0.2) is 17.4 Å². The van der Waals surface area contributed by atoms with Crippen molar-refractivity contribution in [2.45, 2.75) is 32.1 Å². The first-order chi connectivity index (χ1) is 4.68. The number of halogens is 1. The fourth-order valence-corrected chi connectivity index (χ4v) is 1.37. The highest BCUT2D eigenvalue weighted by Crippen LogP contribution is 2.16. The standard InChI is InChI=1S/C8H17ClS/c1-7(2)8(9)5-4-6-10-3/h7-8H,4-6H2,1-3H3. The van der Waals surface area contributed by atoms with E-state index in [-0.39, 0.29) is 0 Å². The van der Waals surface area contributed by atoms with Crippen LogP contribution >= 0.6 is 23.4 Å². The maximum absolute atomic E-state index is 6.04. The largest absolute Gasteiger partial charge is 0.165 e. The van der Waals surface area contributed by atoms with Gasteiger partial charge in [-0.15, -0.1) is 11.6 Å². The highest BCUT2D eigenvalue weighted by Gasteiger charge is 2.07. The number of thioether (sulfide) groups is 1. The molecule has 0 fully saturated rings. The SMILES string of the molecule is CSCCCC(Cl)C(C)C. The van der Waals surface area contributed by atoms with Crippen LogP contribution < -0.4 is 0 Å². The Labute approximate surface area is 73.7 Å². The van der Waals surface area contributed by atoms with Crippen molar-refractivity contribution in [1.29, 1.82) is 0 Å². The van der Waals surface area contributed by atoms with Gasteiger partial charge in [-0.05, 0) is 30.8 Å². The molecule has 0 heterocycles. The van der Waals surface area contributed by atoms with Gasteiger partial charge in [-0.1, -0.05) is 13.8 Å². The van der Waals surface area contributed by atoms with Crippen LogP contribution in [0.25, 0.3) is 0 Å². The second-order valence-corrected chi connectivity index (χ2v) is 4.44. The van der Waals surface area contributed by atoms with E-state index in [2.05, 4.69) is 20.1 Å². The van der Waals surface area contributed by atoms with Crippen LogP contribution in [0.2, 0.25) is 0 Å². The second-order valence-electron chi connectivity index (χ2n) is 2.90. The Balaban J connectivity index is 3.13. The van der Waals surface area contributed by atoms with E-state index in [1.165, 1.54) is 18.6 Å². The molecule has 10 heavy (non-hydrogen) atoms. The summed E-state index contributed by atoms with van der Waals surface area (Å²) in [7, 11) is 0. The third kappa shape index (κ3) is 5.43. The lowest BCUT2D eigenvalue weighted by atomic mass is 10.1. The summed E-state index contributed by atoms with van der Waals surface area (Å²) < 4.78 is 0. The van der Waals surface area contributed by atoms with E-state index in [9.17, 15) is 0 Å². The fourth-order valence-electron chi connectivity index (χ4n) is 0.756. The van der Waals surface area contributed by atoms with Crippen LogP contribution in [0.3, 0.4) is 0 Å². The highest BCUT2D eigenvalue weighted by molar-refractivity contribution is 7.98. The van der Waals surface area contributed by atoms with Gasteiger partial charge >= 0.3 is 0 Å². The van der Waals surface area contributed by atoms with Gasteiger partial charge in [-0.25, -0.2) is 0 Å². The van der Waals surface area contributed by atoms with Crippen molar-refractivity contribution >= 4 is 23.4 Å². The molecule has 0 aromatic carbocycles. The molecule has 0 bridgehead atoms. The molecule has 0 spiro atoms. The van der Waals surface area contributed by atoms with Gasteiger partial charge in [0.05, 0.1) is 0 Å².